The van der Waals surface area contributed by atoms with Crippen LogP contribution in [0.3, 0.4) is 0 Å². The third-order valence-corrected chi connectivity index (χ3v) is 4.07. The number of rotatable bonds is 4. The van der Waals surface area contributed by atoms with Crippen molar-refractivity contribution in [2.75, 3.05) is 5.32 Å². The SMILES string of the molecule is C[C@H]1O[C@@H](Nc2ccc(N=Nc3ccccc3)cc2)[C@@H](O)[C@@H](O)[C@@H]1O. The summed E-state index contributed by atoms with van der Waals surface area (Å²) < 4.78 is 5.51. The van der Waals surface area contributed by atoms with Crippen LogP contribution in [0.2, 0.25) is 0 Å². The summed E-state index contributed by atoms with van der Waals surface area (Å²) in [6.45, 7) is 1.64. The van der Waals surface area contributed by atoms with Gasteiger partial charge in [0.25, 0.3) is 0 Å². The van der Waals surface area contributed by atoms with Gasteiger partial charge < -0.3 is 25.4 Å². The van der Waals surface area contributed by atoms with E-state index in [-0.39, 0.29) is 0 Å². The normalized spacial score (nSPS) is 29.7. The Morgan fingerprint density at radius 3 is 2.04 bits per heavy atom. The van der Waals surface area contributed by atoms with Crippen molar-refractivity contribution >= 4 is 17.1 Å². The summed E-state index contributed by atoms with van der Waals surface area (Å²) in [7, 11) is 0. The maximum Gasteiger partial charge on any atom is 0.157 e. The largest absolute Gasteiger partial charge is 0.388 e. The number of nitrogens with zero attached hydrogens (tertiary/aromatic N) is 2. The summed E-state index contributed by atoms with van der Waals surface area (Å²) in [6, 6.07) is 16.5. The van der Waals surface area contributed by atoms with Gasteiger partial charge in [0.1, 0.15) is 18.3 Å². The summed E-state index contributed by atoms with van der Waals surface area (Å²) in [4.78, 5) is 0. The third kappa shape index (κ3) is 4.21. The van der Waals surface area contributed by atoms with Crippen LogP contribution in [0, 0.1) is 0 Å². The van der Waals surface area contributed by atoms with Crippen LogP contribution in [0.4, 0.5) is 17.1 Å². The van der Waals surface area contributed by atoms with E-state index in [9.17, 15) is 15.3 Å². The number of hydrogen-bond acceptors (Lipinski definition) is 7. The van der Waals surface area contributed by atoms with Gasteiger partial charge in [0, 0.05) is 5.69 Å². The predicted octanol–water partition coefficient (Wildman–Crippen LogP) is 2.34. The molecule has 1 saturated heterocycles. The van der Waals surface area contributed by atoms with E-state index in [0.29, 0.717) is 11.4 Å². The molecule has 0 aliphatic carbocycles. The van der Waals surface area contributed by atoms with Gasteiger partial charge in [0.05, 0.1) is 17.5 Å². The molecule has 0 radical (unpaired) electrons. The summed E-state index contributed by atoms with van der Waals surface area (Å²) in [5.41, 5.74) is 2.15. The molecule has 1 fully saturated rings. The molecule has 2 aromatic rings. The summed E-state index contributed by atoms with van der Waals surface area (Å²) in [6.07, 6.45) is -5.02. The predicted molar refractivity (Wildman–Crippen MR) is 93.0 cm³/mol. The molecule has 2 aromatic carbocycles. The van der Waals surface area contributed by atoms with Gasteiger partial charge in [-0.1, -0.05) is 18.2 Å². The van der Waals surface area contributed by atoms with Gasteiger partial charge in [0.15, 0.2) is 6.23 Å². The highest BCUT2D eigenvalue weighted by molar-refractivity contribution is 5.51. The van der Waals surface area contributed by atoms with Crippen LogP contribution < -0.4 is 5.32 Å². The Bertz CT molecular complexity index is 708. The van der Waals surface area contributed by atoms with E-state index in [1.54, 1.807) is 31.2 Å². The standard InChI is InChI=1S/C18H21N3O4/c1-11-15(22)16(23)17(24)18(25-11)19-12-7-9-14(10-8-12)21-20-13-5-3-2-4-6-13/h2-11,15-19,22-24H,1H3/t11-,15-,16+,17+,18-/m1/s1. The number of aliphatic hydroxyl groups is 3. The Balaban J connectivity index is 1.64. The number of hydrogen-bond donors (Lipinski definition) is 4. The van der Waals surface area contributed by atoms with Crippen molar-refractivity contribution in [3.8, 4) is 0 Å². The van der Waals surface area contributed by atoms with Crippen molar-refractivity contribution in [2.45, 2.75) is 37.6 Å². The Hall–Kier alpha value is -2.32. The quantitative estimate of drug-likeness (QED) is 0.638. The second kappa shape index (κ2) is 7.71. The molecular weight excluding hydrogens is 322 g/mol. The molecule has 1 aliphatic rings. The lowest BCUT2D eigenvalue weighted by atomic mass is 9.99. The molecule has 0 spiro atoms. The minimum Gasteiger partial charge on any atom is -0.388 e. The number of azo groups is 1. The molecule has 0 saturated carbocycles. The maximum absolute atomic E-state index is 10.0. The fraction of sp³-hybridized carbons (Fsp3) is 0.333. The summed E-state index contributed by atoms with van der Waals surface area (Å²) >= 11 is 0. The zero-order valence-electron chi connectivity index (χ0n) is 13.7. The van der Waals surface area contributed by atoms with E-state index in [1.807, 2.05) is 30.3 Å². The molecule has 25 heavy (non-hydrogen) atoms. The van der Waals surface area contributed by atoms with Gasteiger partial charge in [-0.2, -0.15) is 10.2 Å². The van der Waals surface area contributed by atoms with E-state index < -0.39 is 30.6 Å². The Morgan fingerprint density at radius 1 is 0.800 bits per heavy atom. The lowest BCUT2D eigenvalue weighted by molar-refractivity contribution is -0.209. The Morgan fingerprint density at radius 2 is 1.40 bits per heavy atom. The molecule has 1 heterocycles. The highest BCUT2D eigenvalue weighted by atomic mass is 16.5. The first-order valence-corrected chi connectivity index (χ1v) is 8.07. The second-order valence-corrected chi connectivity index (χ2v) is 5.96. The molecular formula is C18H21N3O4. The average Bonchev–Trinajstić information content (AvgIpc) is 2.64. The fourth-order valence-electron chi connectivity index (χ4n) is 2.57. The number of nitrogens with one attached hydrogen (secondary N) is 1. The van der Waals surface area contributed by atoms with Crippen LogP contribution in [0.1, 0.15) is 6.92 Å². The number of benzene rings is 2. The van der Waals surface area contributed by atoms with Crippen molar-refractivity contribution < 1.29 is 20.1 Å². The number of aliphatic hydroxyl groups excluding tert-OH is 3. The zero-order valence-corrected chi connectivity index (χ0v) is 13.7. The van der Waals surface area contributed by atoms with Gasteiger partial charge in [-0.15, -0.1) is 0 Å². The second-order valence-electron chi connectivity index (χ2n) is 5.96. The van der Waals surface area contributed by atoms with Crippen LogP contribution in [-0.4, -0.2) is 46.0 Å². The van der Waals surface area contributed by atoms with Crippen molar-refractivity contribution in [1.29, 1.82) is 0 Å². The molecule has 0 bridgehead atoms. The lowest BCUT2D eigenvalue weighted by Crippen LogP contribution is -2.58. The molecule has 0 unspecified atom stereocenters. The van der Waals surface area contributed by atoms with Gasteiger partial charge >= 0.3 is 0 Å². The molecule has 1 aliphatic heterocycles. The first kappa shape index (κ1) is 17.5. The summed E-state index contributed by atoms with van der Waals surface area (Å²) in [5.74, 6) is 0. The minimum atomic E-state index is -1.26. The van der Waals surface area contributed by atoms with E-state index in [2.05, 4.69) is 15.5 Å². The van der Waals surface area contributed by atoms with Gasteiger partial charge in [-0.3, -0.25) is 0 Å². The maximum atomic E-state index is 10.0. The molecule has 0 amide bonds. The molecule has 7 heteroatoms. The van der Waals surface area contributed by atoms with Crippen molar-refractivity contribution in [1.82, 2.24) is 0 Å². The van der Waals surface area contributed by atoms with Crippen LogP contribution in [0.5, 0.6) is 0 Å². The van der Waals surface area contributed by atoms with Crippen LogP contribution in [0.15, 0.2) is 64.8 Å². The smallest absolute Gasteiger partial charge is 0.157 e. The average molecular weight is 343 g/mol. The molecule has 4 N–H and O–H groups in total. The highest BCUT2D eigenvalue weighted by Crippen LogP contribution is 2.24. The van der Waals surface area contributed by atoms with Gasteiger partial charge in [0.2, 0.25) is 0 Å². The monoisotopic (exact) mass is 343 g/mol. The molecule has 0 aromatic heterocycles. The first-order valence-electron chi connectivity index (χ1n) is 8.07. The lowest BCUT2D eigenvalue weighted by Gasteiger charge is -2.39. The minimum absolute atomic E-state index is 0.588. The van der Waals surface area contributed by atoms with Crippen LogP contribution in [-0.2, 0) is 4.74 Å². The van der Waals surface area contributed by atoms with E-state index >= 15 is 0 Å². The Labute approximate surface area is 145 Å². The van der Waals surface area contributed by atoms with E-state index in [0.717, 1.165) is 5.69 Å². The highest BCUT2D eigenvalue weighted by Gasteiger charge is 2.41. The van der Waals surface area contributed by atoms with Crippen LogP contribution in [0.25, 0.3) is 0 Å². The van der Waals surface area contributed by atoms with Gasteiger partial charge in [-0.25, -0.2) is 0 Å². The number of anilines is 1. The van der Waals surface area contributed by atoms with Gasteiger partial charge in [-0.05, 0) is 43.3 Å². The van der Waals surface area contributed by atoms with Crippen molar-refractivity contribution in [2.24, 2.45) is 10.2 Å². The van der Waals surface area contributed by atoms with Crippen LogP contribution >= 0.6 is 0 Å². The Kier molecular flexibility index (Phi) is 5.40. The molecule has 3 rings (SSSR count). The van der Waals surface area contributed by atoms with Crippen molar-refractivity contribution in [3.05, 3.63) is 54.6 Å². The van der Waals surface area contributed by atoms with Crippen molar-refractivity contribution in [3.63, 3.8) is 0 Å². The molecule has 132 valence electrons. The first-order chi connectivity index (χ1) is 12.0. The third-order valence-electron chi connectivity index (χ3n) is 4.07. The zero-order chi connectivity index (χ0) is 17.8. The number of ether oxygens (including phenoxy) is 1. The topological polar surface area (TPSA) is 107 Å². The fourth-order valence-corrected chi connectivity index (χ4v) is 2.57. The van der Waals surface area contributed by atoms with E-state index in [4.69, 9.17) is 4.74 Å². The summed E-state index contributed by atoms with van der Waals surface area (Å²) in [5, 5.41) is 40.9. The molecule has 7 nitrogen and oxygen atoms in total. The molecule has 5 atom stereocenters. The van der Waals surface area contributed by atoms with E-state index in [1.165, 1.54) is 0 Å².